The average Bonchev–Trinajstić information content (AvgIpc) is 2.77. The molecule has 0 unspecified atom stereocenters. The van der Waals surface area contributed by atoms with Crippen LogP contribution in [0.4, 0.5) is 4.39 Å². The zero-order chi connectivity index (χ0) is 21.2. The molecule has 0 aromatic heterocycles. The summed E-state index contributed by atoms with van der Waals surface area (Å²) in [5.41, 5.74) is 2.10. The topological polar surface area (TPSA) is 54.9 Å². The zero-order valence-corrected chi connectivity index (χ0v) is 17.9. The molecule has 0 aliphatic carbocycles. The first-order valence-electron chi connectivity index (χ1n) is 10.7. The molecule has 162 valence electrons. The highest BCUT2D eigenvalue weighted by molar-refractivity contribution is 5.79. The van der Waals surface area contributed by atoms with E-state index >= 15 is 0 Å². The molecule has 3 rings (SSSR count). The van der Waals surface area contributed by atoms with Crippen LogP contribution in [0.5, 0.6) is 5.75 Å². The van der Waals surface area contributed by atoms with Crippen LogP contribution in [0.15, 0.2) is 53.5 Å². The van der Waals surface area contributed by atoms with E-state index in [0.29, 0.717) is 13.2 Å². The Bertz CT molecular complexity index is 817. The standard InChI is InChI=1S/C24H32FN3O2/c1-3-26-23(27-17-19-6-5-7-21(25)16-19)28-18-24(12-14-29-15-13-24)20-8-10-22(11-9-20)30-4-2/h5-11,16H,3-4,12-15,17-18H2,1-2H3,(H2,26,27,28). The molecule has 6 heteroatoms. The number of nitrogens with one attached hydrogen (secondary N) is 2. The number of nitrogens with zero attached hydrogens (tertiary/aromatic N) is 1. The van der Waals surface area contributed by atoms with Crippen LogP contribution in [-0.4, -0.2) is 38.9 Å². The van der Waals surface area contributed by atoms with E-state index in [-0.39, 0.29) is 11.2 Å². The van der Waals surface area contributed by atoms with Gasteiger partial charge in [0, 0.05) is 31.7 Å². The van der Waals surface area contributed by atoms with Crippen molar-refractivity contribution in [3.05, 3.63) is 65.5 Å². The summed E-state index contributed by atoms with van der Waals surface area (Å²) in [5.74, 6) is 1.39. The third kappa shape index (κ3) is 5.95. The lowest BCUT2D eigenvalue weighted by Gasteiger charge is -2.38. The van der Waals surface area contributed by atoms with Gasteiger partial charge in [-0.3, -0.25) is 0 Å². The van der Waals surface area contributed by atoms with Crippen LogP contribution in [-0.2, 0) is 16.7 Å². The average molecular weight is 414 g/mol. The number of hydrogen-bond acceptors (Lipinski definition) is 3. The van der Waals surface area contributed by atoms with Gasteiger partial charge in [0.1, 0.15) is 11.6 Å². The molecule has 5 nitrogen and oxygen atoms in total. The smallest absolute Gasteiger partial charge is 0.191 e. The van der Waals surface area contributed by atoms with Gasteiger partial charge in [0.15, 0.2) is 5.96 Å². The Labute approximate surface area is 178 Å². The number of rotatable bonds is 8. The lowest BCUT2D eigenvalue weighted by atomic mass is 9.74. The van der Waals surface area contributed by atoms with E-state index in [2.05, 4.69) is 27.8 Å². The van der Waals surface area contributed by atoms with Gasteiger partial charge in [-0.1, -0.05) is 24.3 Å². The Balaban J connectivity index is 1.73. The first kappa shape index (κ1) is 22.1. The van der Waals surface area contributed by atoms with E-state index in [1.54, 1.807) is 6.07 Å². The molecule has 30 heavy (non-hydrogen) atoms. The molecule has 0 amide bonds. The minimum absolute atomic E-state index is 0.0297. The van der Waals surface area contributed by atoms with Gasteiger partial charge < -0.3 is 20.1 Å². The molecule has 1 aliphatic heterocycles. The third-order valence-electron chi connectivity index (χ3n) is 5.47. The summed E-state index contributed by atoms with van der Waals surface area (Å²) < 4.78 is 24.7. The lowest BCUT2D eigenvalue weighted by molar-refractivity contribution is 0.0513. The summed E-state index contributed by atoms with van der Waals surface area (Å²) in [6.07, 6.45) is 1.88. The molecular formula is C24H32FN3O2. The third-order valence-corrected chi connectivity index (χ3v) is 5.47. The first-order valence-corrected chi connectivity index (χ1v) is 10.7. The highest BCUT2D eigenvalue weighted by Gasteiger charge is 2.34. The van der Waals surface area contributed by atoms with Gasteiger partial charge in [-0.05, 0) is 62.1 Å². The van der Waals surface area contributed by atoms with Gasteiger partial charge >= 0.3 is 0 Å². The molecular weight excluding hydrogens is 381 g/mol. The number of ether oxygens (including phenoxy) is 2. The summed E-state index contributed by atoms with van der Waals surface area (Å²) >= 11 is 0. The van der Waals surface area contributed by atoms with Gasteiger partial charge in [0.25, 0.3) is 0 Å². The predicted molar refractivity (Wildman–Crippen MR) is 119 cm³/mol. The van der Waals surface area contributed by atoms with E-state index in [1.165, 1.54) is 17.7 Å². The van der Waals surface area contributed by atoms with Gasteiger partial charge in [0.2, 0.25) is 0 Å². The molecule has 0 saturated carbocycles. The summed E-state index contributed by atoms with van der Waals surface area (Å²) in [7, 11) is 0. The molecule has 0 atom stereocenters. The second-order valence-electron chi connectivity index (χ2n) is 7.53. The fourth-order valence-electron chi connectivity index (χ4n) is 3.80. The fraction of sp³-hybridized carbons (Fsp3) is 0.458. The minimum atomic E-state index is -0.239. The molecule has 2 N–H and O–H groups in total. The van der Waals surface area contributed by atoms with Crippen LogP contribution in [0.2, 0.25) is 0 Å². The lowest BCUT2D eigenvalue weighted by Crippen LogP contribution is -2.48. The second-order valence-corrected chi connectivity index (χ2v) is 7.53. The highest BCUT2D eigenvalue weighted by atomic mass is 19.1. The Morgan fingerprint density at radius 1 is 1.10 bits per heavy atom. The molecule has 0 bridgehead atoms. The van der Waals surface area contributed by atoms with E-state index in [0.717, 1.165) is 56.4 Å². The summed E-state index contributed by atoms with van der Waals surface area (Å²) in [6.45, 7) is 8.10. The van der Waals surface area contributed by atoms with Crippen molar-refractivity contribution in [1.82, 2.24) is 10.6 Å². The van der Waals surface area contributed by atoms with Crippen molar-refractivity contribution >= 4 is 5.96 Å². The minimum Gasteiger partial charge on any atom is -0.494 e. The highest BCUT2D eigenvalue weighted by Crippen LogP contribution is 2.35. The van der Waals surface area contributed by atoms with Crippen molar-refractivity contribution in [1.29, 1.82) is 0 Å². The molecule has 1 aliphatic rings. The van der Waals surface area contributed by atoms with Crippen LogP contribution in [0.1, 0.15) is 37.8 Å². The maximum Gasteiger partial charge on any atom is 0.191 e. The van der Waals surface area contributed by atoms with Crippen molar-refractivity contribution in [2.75, 3.05) is 32.9 Å². The molecule has 2 aromatic rings. The Morgan fingerprint density at radius 2 is 1.87 bits per heavy atom. The monoisotopic (exact) mass is 413 g/mol. The maximum atomic E-state index is 13.4. The Morgan fingerprint density at radius 3 is 2.53 bits per heavy atom. The van der Waals surface area contributed by atoms with Crippen LogP contribution >= 0.6 is 0 Å². The van der Waals surface area contributed by atoms with Crippen molar-refractivity contribution in [3.8, 4) is 5.75 Å². The van der Waals surface area contributed by atoms with Crippen LogP contribution in [0.3, 0.4) is 0 Å². The SMILES string of the molecule is CCNC(=NCc1cccc(F)c1)NCC1(c2ccc(OCC)cc2)CCOCC1. The zero-order valence-electron chi connectivity index (χ0n) is 17.9. The molecule has 1 heterocycles. The Hall–Kier alpha value is -2.60. The van der Waals surface area contributed by atoms with Gasteiger partial charge in [-0.2, -0.15) is 0 Å². The van der Waals surface area contributed by atoms with E-state index < -0.39 is 0 Å². The van der Waals surface area contributed by atoms with Crippen molar-refractivity contribution in [2.24, 2.45) is 4.99 Å². The van der Waals surface area contributed by atoms with Crippen LogP contribution in [0, 0.1) is 5.82 Å². The second kappa shape index (κ2) is 11.0. The van der Waals surface area contributed by atoms with Gasteiger partial charge in [-0.15, -0.1) is 0 Å². The van der Waals surface area contributed by atoms with Crippen molar-refractivity contribution in [3.63, 3.8) is 0 Å². The number of benzene rings is 2. The van der Waals surface area contributed by atoms with Gasteiger partial charge in [-0.25, -0.2) is 9.38 Å². The molecule has 0 spiro atoms. The number of halogens is 1. The molecule has 1 saturated heterocycles. The largest absolute Gasteiger partial charge is 0.494 e. The number of aliphatic imine (C=N–C) groups is 1. The predicted octanol–water partition coefficient (Wildman–Crippen LogP) is 4.03. The molecule has 1 fully saturated rings. The summed E-state index contributed by atoms with van der Waals surface area (Å²) in [4.78, 5) is 4.65. The summed E-state index contributed by atoms with van der Waals surface area (Å²) in [5, 5.41) is 6.81. The summed E-state index contributed by atoms with van der Waals surface area (Å²) in [6, 6.07) is 15.0. The van der Waals surface area contributed by atoms with E-state index in [9.17, 15) is 4.39 Å². The fourth-order valence-corrected chi connectivity index (χ4v) is 3.80. The van der Waals surface area contributed by atoms with E-state index in [4.69, 9.17) is 9.47 Å². The van der Waals surface area contributed by atoms with Gasteiger partial charge in [0.05, 0.1) is 13.2 Å². The molecule has 0 radical (unpaired) electrons. The van der Waals surface area contributed by atoms with Crippen molar-refractivity contribution in [2.45, 2.75) is 38.6 Å². The maximum absolute atomic E-state index is 13.4. The normalized spacial score (nSPS) is 16.2. The van der Waals surface area contributed by atoms with Crippen LogP contribution < -0.4 is 15.4 Å². The van der Waals surface area contributed by atoms with Crippen molar-refractivity contribution < 1.29 is 13.9 Å². The number of hydrogen-bond donors (Lipinski definition) is 2. The molecule has 2 aromatic carbocycles. The van der Waals surface area contributed by atoms with E-state index in [1.807, 2.05) is 32.0 Å². The first-order chi connectivity index (χ1) is 14.6. The quantitative estimate of drug-likeness (QED) is 0.507. The Kier molecular flexibility index (Phi) is 8.08. The van der Waals surface area contributed by atoms with Crippen LogP contribution in [0.25, 0.3) is 0 Å². The number of guanidine groups is 1.